The van der Waals surface area contributed by atoms with Gasteiger partial charge in [-0.25, -0.2) is 4.79 Å². The van der Waals surface area contributed by atoms with Gasteiger partial charge in [-0.2, -0.15) is 5.26 Å². The third kappa shape index (κ3) is 4.71. The molecular formula is C18H16N4O2. The van der Waals surface area contributed by atoms with Crippen LogP contribution < -0.4 is 10.6 Å². The summed E-state index contributed by atoms with van der Waals surface area (Å²) in [6.45, 7) is 0. The third-order valence-electron chi connectivity index (χ3n) is 3.00. The molecule has 0 atom stereocenters. The smallest absolute Gasteiger partial charge is 0.355 e. The highest BCUT2D eigenvalue weighted by Crippen LogP contribution is 2.10. The van der Waals surface area contributed by atoms with Crippen LogP contribution in [-0.2, 0) is 9.53 Å². The number of esters is 1. The Kier molecular flexibility index (Phi) is 6.12. The van der Waals surface area contributed by atoms with Crippen molar-refractivity contribution < 1.29 is 9.53 Å². The molecule has 1 heterocycles. The van der Waals surface area contributed by atoms with E-state index in [0.29, 0.717) is 11.3 Å². The van der Waals surface area contributed by atoms with Crippen LogP contribution in [0, 0.1) is 11.3 Å². The minimum absolute atomic E-state index is 0.157. The Bertz CT molecular complexity index is 778. The first kappa shape index (κ1) is 16.8. The maximum atomic E-state index is 11.8. The molecule has 1 aromatic carbocycles. The zero-order valence-corrected chi connectivity index (χ0v) is 13.1. The molecule has 0 amide bonds. The Labute approximate surface area is 140 Å². The van der Waals surface area contributed by atoms with Gasteiger partial charge in [0.05, 0.1) is 18.4 Å². The minimum Gasteiger partial charge on any atom is -0.464 e. The van der Waals surface area contributed by atoms with E-state index in [1.807, 2.05) is 36.4 Å². The predicted octanol–water partition coefficient (Wildman–Crippen LogP) is 2.66. The number of methoxy groups -OCH3 is 1. The molecule has 0 fully saturated rings. The van der Waals surface area contributed by atoms with Gasteiger partial charge in [-0.1, -0.05) is 24.3 Å². The highest BCUT2D eigenvalue weighted by atomic mass is 16.5. The molecular weight excluding hydrogens is 304 g/mol. The SMILES string of the molecule is COC(=O)/C(=C\Nc1ccccc1)N/C=C(/C#N)c1ccccn1. The highest BCUT2D eigenvalue weighted by Gasteiger charge is 2.09. The maximum absolute atomic E-state index is 11.8. The Morgan fingerprint density at radius 1 is 1.17 bits per heavy atom. The average molecular weight is 320 g/mol. The van der Waals surface area contributed by atoms with Crippen LogP contribution in [0.4, 0.5) is 5.69 Å². The average Bonchev–Trinajstić information content (AvgIpc) is 2.65. The number of carbonyl (C=O) groups excluding carboxylic acids is 1. The molecule has 24 heavy (non-hydrogen) atoms. The number of pyridine rings is 1. The van der Waals surface area contributed by atoms with E-state index in [-0.39, 0.29) is 5.70 Å². The number of ether oxygens (including phenoxy) is 1. The van der Waals surface area contributed by atoms with Crippen molar-refractivity contribution in [1.29, 1.82) is 5.26 Å². The number of hydrogen-bond acceptors (Lipinski definition) is 6. The van der Waals surface area contributed by atoms with E-state index in [1.165, 1.54) is 19.5 Å². The standard InChI is InChI=1S/C18H16N4O2/c1-24-18(23)17(13-21-15-7-3-2-4-8-15)22-12-14(11-19)16-9-5-6-10-20-16/h2-10,12-13,21-22H,1H3/b14-12-,17-13+. The van der Waals surface area contributed by atoms with Crippen molar-refractivity contribution in [2.75, 3.05) is 12.4 Å². The normalized spacial score (nSPS) is 11.3. The fraction of sp³-hybridized carbons (Fsp3) is 0.0556. The van der Waals surface area contributed by atoms with Crippen LogP contribution in [0.1, 0.15) is 5.69 Å². The van der Waals surface area contributed by atoms with E-state index >= 15 is 0 Å². The summed E-state index contributed by atoms with van der Waals surface area (Å²) in [7, 11) is 1.29. The molecule has 0 saturated heterocycles. The lowest BCUT2D eigenvalue weighted by molar-refractivity contribution is -0.136. The number of nitrogens with zero attached hydrogens (tertiary/aromatic N) is 2. The Morgan fingerprint density at radius 2 is 1.92 bits per heavy atom. The van der Waals surface area contributed by atoms with E-state index in [1.54, 1.807) is 24.4 Å². The van der Waals surface area contributed by atoms with Crippen LogP contribution in [-0.4, -0.2) is 18.1 Å². The highest BCUT2D eigenvalue weighted by molar-refractivity contribution is 5.89. The van der Waals surface area contributed by atoms with Gasteiger partial charge in [-0.15, -0.1) is 0 Å². The molecule has 2 N–H and O–H groups in total. The van der Waals surface area contributed by atoms with Crippen molar-refractivity contribution in [3.63, 3.8) is 0 Å². The Hall–Kier alpha value is -3.59. The van der Waals surface area contributed by atoms with Crippen molar-refractivity contribution in [2.45, 2.75) is 0 Å². The van der Waals surface area contributed by atoms with Gasteiger partial charge in [0.15, 0.2) is 0 Å². The number of carbonyl (C=O) groups is 1. The quantitative estimate of drug-likeness (QED) is 0.483. The Morgan fingerprint density at radius 3 is 2.54 bits per heavy atom. The van der Waals surface area contributed by atoms with E-state index in [0.717, 1.165) is 5.69 Å². The van der Waals surface area contributed by atoms with E-state index in [4.69, 9.17) is 4.74 Å². The van der Waals surface area contributed by atoms with Crippen LogP contribution in [0.5, 0.6) is 0 Å². The maximum Gasteiger partial charge on any atom is 0.355 e. The lowest BCUT2D eigenvalue weighted by Gasteiger charge is -2.07. The van der Waals surface area contributed by atoms with Gasteiger partial charge in [0, 0.05) is 24.3 Å². The van der Waals surface area contributed by atoms with Gasteiger partial charge >= 0.3 is 5.97 Å². The molecule has 6 heteroatoms. The second kappa shape index (κ2) is 8.76. The zero-order chi connectivity index (χ0) is 17.2. The first-order valence-corrected chi connectivity index (χ1v) is 7.13. The second-order valence-electron chi connectivity index (χ2n) is 4.59. The molecule has 2 aromatic rings. The van der Waals surface area contributed by atoms with Crippen molar-refractivity contribution in [1.82, 2.24) is 10.3 Å². The van der Waals surface area contributed by atoms with Crippen molar-refractivity contribution in [3.8, 4) is 6.07 Å². The number of benzene rings is 1. The number of rotatable bonds is 6. The lowest BCUT2D eigenvalue weighted by atomic mass is 10.2. The van der Waals surface area contributed by atoms with Gasteiger partial charge in [-0.05, 0) is 24.3 Å². The summed E-state index contributed by atoms with van der Waals surface area (Å²) >= 11 is 0. The van der Waals surface area contributed by atoms with E-state index < -0.39 is 5.97 Å². The summed E-state index contributed by atoms with van der Waals surface area (Å²) in [4.78, 5) is 16.0. The number of aromatic nitrogens is 1. The molecule has 0 aliphatic carbocycles. The Balaban J connectivity index is 2.18. The summed E-state index contributed by atoms with van der Waals surface area (Å²) in [6.07, 6.45) is 4.48. The summed E-state index contributed by atoms with van der Waals surface area (Å²) < 4.78 is 4.73. The van der Waals surface area contributed by atoms with E-state index in [9.17, 15) is 10.1 Å². The van der Waals surface area contributed by atoms with Gasteiger partial charge in [-0.3, -0.25) is 4.98 Å². The van der Waals surface area contributed by atoms with Crippen LogP contribution in [0.15, 0.2) is 72.8 Å². The van der Waals surface area contributed by atoms with Crippen molar-refractivity contribution in [3.05, 3.63) is 78.5 Å². The number of para-hydroxylation sites is 1. The van der Waals surface area contributed by atoms with Crippen LogP contribution in [0.3, 0.4) is 0 Å². The first-order valence-electron chi connectivity index (χ1n) is 7.13. The number of nitriles is 1. The molecule has 0 aliphatic rings. The summed E-state index contributed by atoms with van der Waals surface area (Å²) in [5.74, 6) is -0.562. The van der Waals surface area contributed by atoms with Gasteiger partial charge in [0.25, 0.3) is 0 Å². The number of hydrogen-bond donors (Lipinski definition) is 2. The molecule has 0 radical (unpaired) electrons. The summed E-state index contributed by atoms with van der Waals surface area (Å²) in [6, 6.07) is 16.6. The monoisotopic (exact) mass is 320 g/mol. The molecule has 0 spiro atoms. The molecule has 0 aliphatic heterocycles. The lowest BCUT2D eigenvalue weighted by Crippen LogP contribution is -2.18. The fourth-order valence-electron chi connectivity index (χ4n) is 1.79. The number of allylic oxidation sites excluding steroid dienone is 1. The zero-order valence-electron chi connectivity index (χ0n) is 13.1. The molecule has 0 bridgehead atoms. The molecule has 1 aromatic heterocycles. The topological polar surface area (TPSA) is 87.0 Å². The second-order valence-corrected chi connectivity index (χ2v) is 4.59. The van der Waals surface area contributed by atoms with Gasteiger partial charge < -0.3 is 15.4 Å². The third-order valence-corrected chi connectivity index (χ3v) is 3.00. The van der Waals surface area contributed by atoms with Crippen molar-refractivity contribution >= 4 is 17.2 Å². The first-order chi connectivity index (χ1) is 11.7. The van der Waals surface area contributed by atoms with Crippen LogP contribution >= 0.6 is 0 Å². The van der Waals surface area contributed by atoms with Crippen molar-refractivity contribution in [2.24, 2.45) is 0 Å². The van der Waals surface area contributed by atoms with E-state index in [2.05, 4.69) is 15.6 Å². The minimum atomic E-state index is -0.562. The fourth-order valence-corrected chi connectivity index (χ4v) is 1.79. The summed E-state index contributed by atoms with van der Waals surface area (Å²) in [5.41, 5.74) is 1.78. The van der Waals surface area contributed by atoms with Gasteiger partial charge in [0.2, 0.25) is 0 Å². The van der Waals surface area contributed by atoms with Crippen LogP contribution in [0.25, 0.3) is 5.57 Å². The molecule has 0 unspecified atom stereocenters. The number of anilines is 1. The summed E-state index contributed by atoms with van der Waals surface area (Å²) in [5, 5.41) is 15.0. The molecule has 2 rings (SSSR count). The molecule has 0 saturated carbocycles. The van der Waals surface area contributed by atoms with Crippen LogP contribution in [0.2, 0.25) is 0 Å². The predicted molar refractivity (Wildman–Crippen MR) is 91.1 cm³/mol. The largest absolute Gasteiger partial charge is 0.464 e. The number of nitrogens with one attached hydrogen (secondary N) is 2. The van der Waals surface area contributed by atoms with Gasteiger partial charge in [0.1, 0.15) is 11.8 Å². The molecule has 6 nitrogen and oxygen atoms in total. The molecule has 120 valence electrons.